The summed E-state index contributed by atoms with van der Waals surface area (Å²) in [5.74, 6) is 1.19. The highest BCUT2D eigenvalue weighted by molar-refractivity contribution is 6.26. The summed E-state index contributed by atoms with van der Waals surface area (Å²) in [6.07, 6.45) is 4.70. The molecule has 1 heterocycles. The fraction of sp³-hybridized carbons (Fsp3) is 0.0455. The van der Waals surface area contributed by atoms with E-state index in [0.29, 0.717) is 0 Å². The molecule has 2 aliphatic rings. The molecule has 8 aromatic carbocycles. The van der Waals surface area contributed by atoms with Gasteiger partial charge >= 0.3 is 0 Å². The standard InChI is InChI=1S/C44H28O/c1-2-12-30-26-41-39(24-29(30)11-1)38-25-31(22-23-40(38)45-41)43-33-15-5-7-17-35(33)44(36-18-8-6-16-34(36)43)37-19-9-13-28-21-20-27-10-3-4-14-32(27)42(28)37/h1-26,39,41H. The molecule has 0 saturated carbocycles. The van der Waals surface area contributed by atoms with E-state index in [1.165, 1.54) is 81.3 Å². The second-order valence-electron chi connectivity index (χ2n) is 12.4. The molecule has 2 atom stereocenters. The van der Waals surface area contributed by atoms with Crippen molar-refractivity contribution in [3.05, 3.63) is 162 Å². The SMILES string of the molecule is C1=c2ccccc2=CC2c3cc(-c4c5ccccc5c(-c5cccc6ccc7ccccc7c56)c5ccccc45)ccc3OC12. The Morgan fingerprint density at radius 3 is 1.80 bits per heavy atom. The van der Waals surface area contributed by atoms with E-state index < -0.39 is 0 Å². The van der Waals surface area contributed by atoms with Gasteiger partial charge < -0.3 is 4.74 Å². The first kappa shape index (κ1) is 24.7. The van der Waals surface area contributed by atoms with Crippen LogP contribution in [-0.4, -0.2) is 6.10 Å². The number of fused-ring (bicyclic) bond motifs is 9. The van der Waals surface area contributed by atoms with Crippen LogP contribution in [-0.2, 0) is 0 Å². The maximum atomic E-state index is 6.50. The zero-order valence-electron chi connectivity index (χ0n) is 24.6. The van der Waals surface area contributed by atoms with Crippen molar-refractivity contribution in [3.8, 4) is 28.0 Å². The van der Waals surface area contributed by atoms with Crippen molar-refractivity contribution in [2.45, 2.75) is 12.0 Å². The summed E-state index contributed by atoms with van der Waals surface area (Å²) in [4.78, 5) is 0. The lowest BCUT2D eigenvalue weighted by Crippen LogP contribution is -2.34. The normalized spacial score (nSPS) is 16.5. The first-order valence-corrected chi connectivity index (χ1v) is 15.8. The second kappa shape index (κ2) is 9.42. The molecule has 1 aliphatic carbocycles. The molecule has 2 unspecified atom stereocenters. The predicted molar refractivity (Wildman–Crippen MR) is 189 cm³/mol. The van der Waals surface area contributed by atoms with E-state index in [-0.39, 0.29) is 12.0 Å². The molecular weight excluding hydrogens is 544 g/mol. The minimum Gasteiger partial charge on any atom is -0.485 e. The van der Waals surface area contributed by atoms with E-state index in [4.69, 9.17) is 4.74 Å². The average molecular weight is 573 g/mol. The summed E-state index contributed by atoms with van der Waals surface area (Å²) in [7, 11) is 0. The van der Waals surface area contributed by atoms with E-state index in [9.17, 15) is 0 Å². The van der Waals surface area contributed by atoms with Gasteiger partial charge in [-0.25, -0.2) is 0 Å². The Labute approximate surface area is 261 Å². The molecule has 0 aromatic heterocycles. The first-order valence-electron chi connectivity index (χ1n) is 15.8. The minimum absolute atomic E-state index is 0.0298. The molecule has 210 valence electrons. The fourth-order valence-electron chi connectivity index (χ4n) is 7.97. The van der Waals surface area contributed by atoms with Crippen LogP contribution in [0.1, 0.15) is 11.5 Å². The Balaban J connectivity index is 1.26. The molecule has 0 saturated heterocycles. The minimum atomic E-state index is 0.0298. The molecule has 0 N–H and O–H groups in total. The molecule has 0 radical (unpaired) electrons. The highest BCUT2D eigenvalue weighted by Crippen LogP contribution is 2.48. The predicted octanol–water partition coefficient (Wildman–Crippen LogP) is 9.75. The third kappa shape index (κ3) is 3.62. The largest absolute Gasteiger partial charge is 0.485 e. The van der Waals surface area contributed by atoms with Crippen LogP contribution in [0.25, 0.3) is 77.5 Å². The van der Waals surface area contributed by atoms with Crippen LogP contribution >= 0.6 is 0 Å². The first-order chi connectivity index (χ1) is 22.3. The molecule has 0 fully saturated rings. The maximum Gasteiger partial charge on any atom is 0.128 e. The summed E-state index contributed by atoms with van der Waals surface area (Å²) in [5, 5.41) is 12.7. The van der Waals surface area contributed by atoms with Crippen LogP contribution in [0.5, 0.6) is 5.75 Å². The summed E-state index contributed by atoms with van der Waals surface area (Å²) >= 11 is 0. The molecule has 0 amide bonds. The Morgan fingerprint density at radius 1 is 0.444 bits per heavy atom. The molecule has 1 nitrogen and oxygen atoms in total. The van der Waals surface area contributed by atoms with Crippen molar-refractivity contribution < 1.29 is 4.74 Å². The number of ether oxygens (including phenoxy) is 1. The topological polar surface area (TPSA) is 9.23 Å². The Kier molecular flexibility index (Phi) is 5.18. The van der Waals surface area contributed by atoms with Gasteiger partial charge in [-0.1, -0.05) is 140 Å². The highest BCUT2D eigenvalue weighted by atomic mass is 16.5. The van der Waals surface area contributed by atoms with E-state index in [1.54, 1.807) is 0 Å². The number of hydrogen-bond acceptors (Lipinski definition) is 1. The third-order valence-electron chi connectivity index (χ3n) is 9.94. The smallest absolute Gasteiger partial charge is 0.128 e. The van der Waals surface area contributed by atoms with Crippen molar-refractivity contribution in [1.29, 1.82) is 0 Å². The molecule has 1 heteroatoms. The molecule has 0 bridgehead atoms. The highest BCUT2D eigenvalue weighted by Gasteiger charge is 2.33. The van der Waals surface area contributed by atoms with Crippen molar-refractivity contribution >= 4 is 55.2 Å². The van der Waals surface area contributed by atoms with Crippen LogP contribution in [0.2, 0.25) is 0 Å². The van der Waals surface area contributed by atoms with Crippen LogP contribution in [0, 0.1) is 0 Å². The molecule has 1 aliphatic heterocycles. The van der Waals surface area contributed by atoms with E-state index >= 15 is 0 Å². The van der Waals surface area contributed by atoms with Gasteiger partial charge in [-0.3, -0.25) is 0 Å². The van der Waals surface area contributed by atoms with Crippen LogP contribution in [0.3, 0.4) is 0 Å². The summed E-state index contributed by atoms with van der Waals surface area (Å²) in [6.45, 7) is 0. The molecule has 0 spiro atoms. The molecule has 8 aromatic rings. The van der Waals surface area contributed by atoms with E-state index in [0.717, 1.165) is 5.75 Å². The van der Waals surface area contributed by atoms with Crippen molar-refractivity contribution in [2.24, 2.45) is 0 Å². The van der Waals surface area contributed by atoms with Gasteiger partial charge in [-0.2, -0.15) is 0 Å². The van der Waals surface area contributed by atoms with Gasteiger partial charge in [0.25, 0.3) is 0 Å². The Bertz CT molecular complexity index is 2590. The van der Waals surface area contributed by atoms with Crippen molar-refractivity contribution in [1.82, 2.24) is 0 Å². The number of hydrogen-bond donors (Lipinski definition) is 0. The lowest BCUT2D eigenvalue weighted by atomic mass is 9.83. The van der Waals surface area contributed by atoms with E-state index in [1.807, 2.05) is 0 Å². The van der Waals surface area contributed by atoms with Crippen LogP contribution in [0.4, 0.5) is 0 Å². The number of benzene rings is 8. The van der Waals surface area contributed by atoms with Crippen LogP contribution in [0.15, 0.2) is 146 Å². The van der Waals surface area contributed by atoms with Gasteiger partial charge in [0.1, 0.15) is 11.9 Å². The summed E-state index contributed by atoms with van der Waals surface area (Å²) in [6, 6.07) is 53.4. The quantitative estimate of drug-likeness (QED) is 0.148. The monoisotopic (exact) mass is 572 g/mol. The number of rotatable bonds is 2. The van der Waals surface area contributed by atoms with Gasteiger partial charge in [0.05, 0.1) is 0 Å². The van der Waals surface area contributed by atoms with Gasteiger partial charge in [0.2, 0.25) is 0 Å². The molecule has 45 heavy (non-hydrogen) atoms. The lowest BCUT2D eigenvalue weighted by Gasteiger charge is -2.20. The average Bonchev–Trinajstić information content (AvgIpc) is 3.45. The Hall–Kier alpha value is -5.66. The maximum absolute atomic E-state index is 6.50. The van der Waals surface area contributed by atoms with Crippen molar-refractivity contribution in [3.63, 3.8) is 0 Å². The molecule has 10 rings (SSSR count). The van der Waals surface area contributed by atoms with Gasteiger partial charge in [0.15, 0.2) is 0 Å². The van der Waals surface area contributed by atoms with Crippen molar-refractivity contribution in [2.75, 3.05) is 0 Å². The van der Waals surface area contributed by atoms with Gasteiger partial charge in [-0.15, -0.1) is 0 Å². The Morgan fingerprint density at radius 2 is 1.04 bits per heavy atom. The zero-order chi connectivity index (χ0) is 29.5. The zero-order valence-corrected chi connectivity index (χ0v) is 24.6. The van der Waals surface area contributed by atoms with Crippen LogP contribution < -0.4 is 15.2 Å². The van der Waals surface area contributed by atoms with E-state index in [2.05, 4.69) is 158 Å². The van der Waals surface area contributed by atoms with Gasteiger partial charge in [-0.05, 0) is 94.0 Å². The fourth-order valence-corrected chi connectivity index (χ4v) is 7.97. The lowest BCUT2D eigenvalue weighted by molar-refractivity contribution is 0.288. The van der Waals surface area contributed by atoms with Gasteiger partial charge in [0, 0.05) is 11.5 Å². The summed E-state index contributed by atoms with van der Waals surface area (Å²) < 4.78 is 6.50. The molecular formula is C44H28O. The summed E-state index contributed by atoms with van der Waals surface area (Å²) in [5.41, 5.74) is 6.35. The third-order valence-corrected chi connectivity index (χ3v) is 9.94. The second-order valence-corrected chi connectivity index (χ2v) is 12.4.